The van der Waals surface area contributed by atoms with Gasteiger partial charge in [-0.05, 0) is 24.3 Å². The number of hydrogen-bond donors (Lipinski definition) is 4. The van der Waals surface area contributed by atoms with Gasteiger partial charge in [-0.15, -0.1) is 0 Å². The molecule has 10 nitrogen and oxygen atoms in total. The fraction of sp³-hybridized carbons (Fsp3) is 0. The zero-order chi connectivity index (χ0) is 17.1. The molecule has 2 heterocycles. The third-order valence-electron chi connectivity index (χ3n) is 1.71. The van der Waals surface area contributed by atoms with E-state index < -0.39 is 23.8 Å². The van der Waals surface area contributed by atoms with Crippen molar-refractivity contribution in [2.24, 2.45) is 11.5 Å². The summed E-state index contributed by atoms with van der Waals surface area (Å²) in [5.74, 6) is -4.31. The standard InChI is InChI=1S/2C5H5NO2.C2H2O4/c2*6-5(7)4-2-1-3-8-4;3-1(4)2(5)6/h2*1-3H,(H2,6,7);(H,3,4)(H,5,6). The van der Waals surface area contributed by atoms with Crippen molar-refractivity contribution in [2.75, 3.05) is 0 Å². The Morgan fingerprint density at radius 1 is 0.773 bits per heavy atom. The van der Waals surface area contributed by atoms with E-state index in [-0.39, 0.29) is 11.5 Å². The molecule has 2 rings (SSSR count). The van der Waals surface area contributed by atoms with Crippen LogP contribution in [-0.4, -0.2) is 34.0 Å². The first kappa shape index (κ1) is 18.4. The van der Waals surface area contributed by atoms with E-state index in [1.807, 2.05) is 0 Å². The quantitative estimate of drug-likeness (QED) is 0.553. The molecule has 10 heteroatoms. The van der Waals surface area contributed by atoms with Crippen molar-refractivity contribution in [3.63, 3.8) is 0 Å². The number of carboxylic acids is 2. The van der Waals surface area contributed by atoms with E-state index in [0.29, 0.717) is 0 Å². The number of carbonyl (C=O) groups excluding carboxylic acids is 2. The Kier molecular flexibility index (Phi) is 7.85. The average Bonchev–Trinajstić information content (AvgIpc) is 3.14. The molecular formula is C12H12N2O8. The molecule has 0 fully saturated rings. The molecule has 0 spiro atoms. The smallest absolute Gasteiger partial charge is 0.414 e. The topological polar surface area (TPSA) is 187 Å². The fourth-order valence-electron chi connectivity index (χ4n) is 0.838. The van der Waals surface area contributed by atoms with Crippen LogP contribution in [0.15, 0.2) is 45.6 Å². The van der Waals surface area contributed by atoms with Crippen molar-refractivity contribution in [3.8, 4) is 0 Å². The summed E-state index contributed by atoms with van der Waals surface area (Å²) in [4.78, 5) is 38.6. The summed E-state index contributed by atoms with van der Waals surface area (Å²) in [6.07, 6.45) is 2.81. The summed E-state index contributed by atoms with van der Waals surface area (Å²) < 4.78 is 9.24. The Balaban J connectivity index is 0.000000306. The number of aliphatic carboxylic acids is 2. The summed E-state index contributed by atoms with van der Waals surface area (Å²) in [5.41, 5.74) is 9.65. The zero-order valence-corrected chi connectivity index (χ0v) is 11.0. The third-order valence-corrected chi connectivity index (χ3v) is 1.71. The van der Waals surface area contributed by atoms with Gasteiger partial charge in [0.2, 0.25) is 0 Å². The van der Waals surface area contributed by atoms with Crippen LogP contribution in [0.1, 0.15) is 21.1 Å². The number of rotatable bonds is 2. The lowest BCUT2D eigenvalue weighted by molar-refractivity contribution is -0.159. The van der Waals surface area contributed by atoms with E-state index in [1.54, 1.807) is 12.1 Å². The minimum Gasteiger partial charge on any atom is -0.473 e. The van der Waals surface area contributed by atoms with Gasteiger partial charge >= 0.3 is 11.9 Å². The van der Waals surface area contributed by atoms with Crippen LogP contribution in [0.5, 0.6) is 0 Å². The van der Waals surface area contributed by atoms with Gasteiger partial charge in [0.25, 0.3) is 11.8 Å². The van der Waals surface area contributed by atoms with Crippen LogP contribution in [0.25, 0.3) is 0 Å². The van der Waals surface area contributed by atoms with Crippen LogP contribution >= 0.6 is 0 Å². The van der Waals surface area contributed by atoms with Gasteiger partial charge in [-0.3, -0.25) is 9.59 Å². The second kappa shape index (κ2) is 9.36. The first-order chi connectivity index (χ1) is 10.3. The van der Waals surface area contributed by atoms with Gasteiger partial charge in [0.05, 0.1) is 12.5 Å². The highest BCUT2D eigenvalue weighted by Gasteiger charge is 2.04. The Bertz CT molecular complexity index is 559. The van der Waals surface area contributed by atoms with Gasteiger partial charge in [-0.2, -0.15) is 0 Å². The molecule has 2 amide bonds. The Labute approximate surface area is 122 Å². The Morgan fingerprint density at radius 3 is 1.18 bits per heavy atom. The van der Waals surface area contributed by atoms with E-state index in [2.05, 4.69) is 8.83 Å². The number of nitrogens with two attached hydrogens (primary N) is 2. The second-order valence-electron chi connectivity index (χ2n) is 3.29. The van der Waals surface area contributed by atoms with Crippen LogP contribution in [0.2, 0.25) is 0 Å². The minimum atomic E-state index is -1.82. The molecule has 6 N–H and O–H groups in total. The van der Waals surface area contributed by atoms with Crippen LogP contribution in [0, 0.1) is 0 Å². The summed E-state index contributed by atoms with van der Waals surface area (Å²) >= 11 is 0. The van der Waals surface area contributed by atoms with Gasteiger partial charge in [0.15, 0.2) is 11.5 Å². The molecule has 0 aromatic carbocycles. The van der Waals surface area contributed by atoms with Crippen molar-refractivity contribution < 1.29 is 38.2 Å². The predicted molar refractivity (Wildman–Crippen MR) is 69.7 cm³/mol. The largest absolute Gasteiger partial charge is 0.473 e. The minimum absolute atomic E-state index is 0.199. The normalized spacial score (nSPS) is 8.55. The monoisotopic (exact) mass is 312 g/mol. The molecule has 0 aliphatic heterocycles. The number of amides is 2. The summed E-state index contributed by atoms with van der Waals surface area (Å²) in [7, 11) is 0. The van der Waals surface area contributed by atoms with E-state index in [0.717, 1.165) is 0 Å². The Morgan fingerprint density at radius 2 is 1.09 bits per heavy atom. The maximum Gasteiger partial charge on any atom is 0.414 e. The van der Waals surface area contributed by atoms with E-state index in [9.17, 15) is 9.59 Å². The van der Waals surface area contributed by atoms with Gasteiger partial charge < -0.3 is 30.5 Å². The van der Waals surface area contributed by atoms with Crippen molar-refractivity contribution in [1.82, 2.24) is 0 Å². The maximum absolute atomic E-state index is 10.2. The van der Waals surface area contributed by atoms with Gasteiger partial charge in [-0.1, -0.05) is 0 Å². The lowest BCUT2D eigenvalue weighted by atomic mass is 10.4. The summed E-state index contributed by atoms with van der Waals surface area (Å²) in [6.45, 7) is 0. The first-order valence-corrected chi connectivity index (χ1v) is 5.38. The number of furan rings is 2. The van der Waals surface area contributed by atoms with Crippen molar-refractivity contribution in [3.05, 3.63) is 48.3 Å². The molecular weight excluding hydrogens is 300 g/mol. The number of primary amides is 2. The highest BCUT2D eigenvalue weighted by Crippen LogP contribution is 1.96. The molecule has 0 bridgehead atoms. The van der Waals surface area contributed by atoms with Crippen molar-refractivity contribution in [2.45, 2.75) is 0 Å². The fourth-order valence-corrected chi connectivity index (χ4v) is 0.838. The molecule has 0 saturated carbocycles. The SMILES string of the molecule is NC(=O)c1ccco1.NC(=O)c1ccco1.O=C(O)C(=O)O. The molecule has 0 saturated heterocycles. The zero-order valence-electron chi connectivity index (χ0n) is 11.0. The number of hydrogen-bond acceptors (Lipinski definition) is 6. The lowest BCUT2D eigenvalue weighted by Crippen LogP contribution is -2.09. The average molecular weight is 312 g/mol. The third kappa shape index (κ3) is 7.78. The van der Waals surface area contributed by atoms with Gasteiger partial charge in [-0.25, -0.2) is 9.59 Å². The highest BCUT2D eigenvalue weighted by atomic mass is 16.4. The molecule has 0 atom stereocenters. The second-order valence-corrected chi connectivity index (χ2v) is 3.29. The molecule has 0 aliphatic rings. The lowest BCUT2D eigenvalue weighted by Gasteiger charge is -1.80. The van der Waals surface area contributed by atoms with E-state index in [1.165, 1.54) is 24.7 Å². The van der Waals surface area contributed by atoms with E-state index >= 15 is 0 Å². The summed E-state index contributed by atoms with van der Waals surface area (Å²) in [5, 5.41) is 14.8. The molecule has 0 radical (unpaired) electrons. The van der Waals surface area contributed by atoms with E-state index in [4.69, 9.17) is 31.3 Å². The maximum atomic E-state index is 10.2. The first-order valence-electron chi connectivity index (χ1n) is 5.38. The van der Waals surface area contributed by atoms with Gasteiger partial charge in [0, 0.05) is 0 Å². The predicted octanol–water partition coefficient (Wildman–Crippen LogP) is -0.0874. The molecule has 0 unspecified atom stereocenters. The van der Waals surface area contributed by atoms with Crippen LogP contribution in [0.4, 0.5) is 0 Å². The molecule has 22 heavy (non-hydrogen) atoms. The molecule has 2 aromatic rings. The van der Waals surface area contributed by atoms with Gasteiger partial charge in [0.1, 0.15) is 0 Å². The number of carboxylic acid groups (broad SMARTS) is 2. The van der Waals surface area contributed by atoms with Crippen molar-refractivity contribution in [1.29, 1.82) is 0 Å². The van der Waals surface area contributed by atoms with Crippen LogP contribution in [0.3, 0.4) is 0 Å². The Hall–Kier alpha value is -3.56. The molecule has 0 aliphatic carbocycles. The summed E-state index contributed by atoms with van der Waals surface area (Å²) in [6, 6.07) is 6.25. The molecule has 118 valence electrons. The highest BCUT2D eigenvalue weighted by molar-refractivity contribution is 6.27. The van der Waals surface area contributed by atoms with Crippen molar-refractivity contribution >= 4 is 23.8 Å². The van der Waals surface area contributed by atoms with Crippen LogP contribution < -0.4 is 11.5 Å². The molecule has 2 aromatic heterocycles. The number of carbonyl (C=O) groups is 4. The van der Waals surface area contributed by atoms with Crippen LogP contribution in [-0.2, 0) is 9.59 Å².